The molecule has 0 aliphatic carbocycles. The lowest BCUT2D eigenvalue weighted by atomic mass is 10.1. The minimum atomic E-state index is -0.547. The van der Waals surface area contributed by atoms with E-state index in [9.17, 15) is 9.59 Å². The van der Waals surface area contributed by atoms with E-state index in [0.29, 0.717) is 22.0 Å². The molecule has 1 heterocycles. The van der Waals surface area contributed by atoms with Crippen molar-refractivity contribution in [2.24, 2.45) is 0 Å². The van der Waals surface area contributed by atoms with E-state index in [1.54, 1.807) is 6.07 Å². The average molecular weight is 226 g/mol. The Labute approximate surface area is 91.4 Å². The normalized spacial score (nSPS) is 14.5. The number of fused-ring (bicyclic) bond motifs is 1. The van der Waals surface area contributed by atoms with E-state index in [-0.39, 0.29) is 0 Å². The van der Waals surface area contributed by atoms with Crippen molar-refractivity contribution in [3.05, 3.63) is 22.7 Å². The summed E-state index contributed by atoms with van der Waals surface area (Å²) < 4.78 is 4.98. The minimum absolute atomic E-state index is 0.337. The summed E-state index contributed by atoms with van der Waals surface area (Å²) in [6.45, 7) is 0. The number of amides is 1. The third kappa shape index (κ3) is 1.29. The maximum atomic E-state index is 11.5. The molecule has 1 aliphatic heterocycles. The van der Waals surface area contributed by atoms with E-state index in [2.05, 4.69) is 0 Å². The van der Waals surface area contributed by atoms with E-state index in [0.717, 1.165) is 0 Å². The molecule has 0 saturated heterocycles. The van der Waals surface area contributed by atoms with Gasteiger partial charge in [-0.15, -0.1) is 0 Å². The second kappa shape index (κ2) is 3.24. The Hall–Kier alpha value is -1.55. The van der Waals surface area contributed by atoms with E-state index < -0.39 is 11.7 Å². The molecule has 0 atom stereocenters. The standard InChI is InChI=1S/C10H8ClNO3/c1-12-7-4-6(11)8(15-2)3-5(7)9(13)10(12)14/h3-4H,1-2H3. The van der Waals surface area contributed by atoms with Crippen LogP contribution in [-0.4, -0.2) is 25.8 Å². The number of anilines is 1. The molecule has 1 amide bonds. The number of halogens is 1. The number of benzene rings is 1. The van der Waals surface area contributed by atoms with Gasteiger partial charge in [0.15, 0.2) is 0 Å². The number of hydrogen-bond donors (Lipinski definition) is 0. The highest BCUT2D eigenvalue weighted by molar-refractivity contribution is 6.52. The number of rotatable bonds is 1. The zero-order valence-electron chi connectivity index (χ0n) is 8.20. The fourth-order valence-corrected chi connectivity index (χ4v) is 1.77. The van der Waals surface area contributed by atoms with Crippen molar-refractivity contribution < 1.29 is 14.3 Å². The molecule has 15 heavy (non-hydrogen) atoms. The molecule has 0 saturated carbocycles. The lowest BCUT2D eigenvalue weighted by Crippen LogP contribution is -2.24. The first kappa shape index (κ1) is 9.98. The number of carbonyl (C=O) groups excluding carboxylic acids is 2. The lowest BCUT2D eigenvalue weighted by molar-refractivity contribution is -0.114. The summed E-state index contributed by atoms with van der Waals surface area (Å²) in [5.41, 5.74) is 0.861. The first-order chi connectivity index (χ1) is 7.06. The van der Waals surface area contributed by atoms with Crippen molar-refractivity contribution in [1.29, 1.82) is 0 Å². The second-order valence-electron chi connectivity index (χ2n) is 3.20. The molecule has 78 valence electrons. The third-order valence-electron chi connectivity index (χ3n) is 2.37. The number of ketones is 1. The number of carbonyl (C=O) groups is 2. The first-order valence-corrected chi connectivity index (χ1v) is 4.64. The summed E-state index contributed by atoms with van der Waals surface area (Å²) in [7, 11) is 2.99. The third-order valence-corrected chi connectivity index (χ3v) is 2.67. The maximum Gasteiger partial charge on any atom is 0.299 e. The summed E-state index contributed by atoms with van der Waals surface area (Å²) in [6, 6.07) is 3.04. The van der Waals surface area contributed by atoms with Crippen molar-refractivity contribution in [2.75, 3.05) is 19.1 Å². The van der Waals surface area contributed by atoms with E-state index in [4.69, 9.17) is 16.3 Å². The Kier molecular flexibility index (Phi) is 2.16. The van der Waals surface area contributed by atoms with Gasteiger partial charge in [-0.05, 0) is 12.1 Å². The molecule has 1 aromatic rings. The van der Waals surface area contributed by atoms with Gasteiger partial charge in [0.25, 0.3) is 11.7 Å². The molecule has 0 N–H and O–H groups in total. The fourth-order valence-electron chi connectivity index (χ4n) is 1.54. The zero-order valence-corrected chi connectivity index (χ0v) is 8.96. The smallest absolute Gasteiger partial charge is 0.299 e. The van der Waals surface area contributed by atoms with E-state index >= 15 is 0 Å². The molecule has 0 aromatic heterocycles. The van der Waals surface area contributed by atoms with Crippen LogP contribution in [0.2, 0.25) is 5.02 Å². The molecule has 1 aliphatic rings. The van der Waals surface area contributed by atoms with Gasteiger partial charge in [-0.25, -0.2) is 0 Å². The molecule has 2 rings (SSSR count). The highest BCUT2D eigenvalue weighted by Crippen LogP contribution is 2.36. The summed E-state index contributed by atoms with van der Waals surface area (Å²) in [5.74, 6) is -0.677. The van der Waals surface area contributed by atoms with E-state index in [1.165, 1.54) is 25.1 Å². The average Bonchev–Trinajstić information content (AvgIpc) is 2.43. The summed E-state index contributed by atoms with van der Waals surface area (Å²) >= 11 is 5.89. The Morgan fingerprint density at radius 3 is 2.60 bits per heavy atom. The number of likely N-dealkylation sites (N-methyl/N-ethyl adjacent to an activating group) is 1. The number of methoxy groups -OCH3 is 1. The van der Waals surface area contributed by atoms with Crippen LogP contribution in [0.15, 0.2) is 12.1 Å². The van der Waals surface area contributed by atoms with Gasteiger partial charge in [0, 0.05) is 7.05 Å². The number of hydrogen-bond acceptors (Lipinski definition) is 3. The zero-order chi connectivity index (χ0) is 11.2. The molecule has 0 bridgehead atoms. The van der Waals surface area contributed by atoms with Crippen LogP contribution in [-0.2, 0) is 4.79 Å². The van der Waals surface area contributed by atoms with Crippen molar-refractivity contribution in [3.63, 3.8) is 0 Å². The molecular weight excluding hydrogens is 218 g/mol. The largest absolute Gasteiger partial charge is 0.495 e. The van der Waals surface area contributed by atoms with E-state index in [1.807, 2.05) is 0 Å². The molecular formula is C10H8ClNO3. The fraction of sp³-hybridized carbons (Fsp3) is 0.200. The summed E-state index contributed by atoms with van der Waals surface area (Å²) in [6.07, 6.45) is 0. The lowest BCUT2D eigenvalue weighted by Gasteiger charge is -2.10. The topological polar surface area (TPSA) is 46.6 Å². The van der Waals surface area contributed by atoms with Crippen molar-refractivity contribution >= 4 is 29.0 Å². The number of ether oxygens (including phenoxy) is 1. The van der Waals surface area contributed by atoms with Crippen molar-refractivity contribution in [3.8, 4) is 5.75 Å². The predicted octanol–water partition coefficient (Wildman–Crippen LogP) is 1.51. The maximum absolute atomic E-state index is 11.5. The van der Waals surface area contributed by atoms with Crippen LogP contribution in [0.1, 0.15) is 10.4 Å². The van der Waals surface area contributed by atoms with Crippen LogP contribution in [0.5, 0.6) is 5.75 Å². The van der Waals surface area contributed by atoms with Gasteiger partial charge >= 0.3 is 0 Å². The SMILES string of the molecule is COc1cc2c(cc1Cl)N(C)C(=O)C2=O. The van der Waals surface area contributed by atoms with Crippen LogP contribution in [0.25, 0.3) is 0 Å². The minimum Gasteiger partial charge on any atom is -0.495 e. The van der Waals surface area contributed by atoms with Crippen LogP contribution < -0.4 is 9.64 Å². The Bertz CT molecular complexity index is 470. The summed E-state index contributed by atoms with van der Waals surface area (Å²) in [4.78, 5) is 24.1. The second-order valence-corrected chi connectivity index (χ2v) is 3.60. The molecule has 0 fully saturated rings. The number of Topliss-reactive ketones (excluding diaryl/α,β-unsaturated/α-hetero) is 1. The quantitative estimate of drug-likeness (QED) is 0.681. The Morgan fingerprint density at radius 2 is 2.00 bits per heavy atom. The van der Waals surface area contributed by atoms with Gasteiger partial charge in [0.2, 0.25) is 0 Å². The van der Waals surface area contributed by atoms with Gasteiger partial charge < -0.3 is 9.64 Å². The van der Waals surface area contributed by atoms with Crippen LogP contribution in [0, 0.1) is 0 Å². The van der Waals surface area contributed by atoms with Crippen LogP contribution >= 0.6 is 11.6 Å². The predicted molar refractivity (Wildman–Crippen MR) is 55.7 cm³/mol. The molecule has 4 nitrogen and oxygen atoms in total. The van der Waals surface area contributed by atoms with Crippen LogP contribution in [0.3, 0.4) is 0 Å². The molecule has 1 aromatic carbocycles. The highest BCUT2D eigenvalue weighted by Gasteiger charge is 2.34. The molecule has 5 heteroatoms. The van der Waals surface area contributed by atoms with Crippen molar-refractivity contribution in [1.82, 2.24) is 0 Å². The van der Waals surface area contributed by atoms with Gasteiger partial charge in [0.05, 0.1) is 23.4 Å². The molecule has 0 unspecified atom stereocenters. The van der Waals surface area contributed by atoms with Gasteiger partial charge in [-0.1, -0.05) is 11.6 Å². The monoisotopic (exact) mass is 225 g/mol. The Morgan fingerprint density at radius 1 is 1.33 bits per heavy atom. The molecule has 0 spiro atoms. The van der Waals surface area contributed by atoms with Gasteiger partial charge in [0.1, 0.15) is 5.75 Å². The van der Waals surface area contributed by atoms with Gasteiger partial charge in [-0.2, -0.15) is 0 Å². The van der Waals surface area contributed by atoms with Gasteiger partial charge in [-0.3, -0.25) is 9.59 Å². The highest BCUT2D eigenvalue weighted by atomic mass is 35.5. The molecule has 0 radical (unpaired) electrons. The Balaban J connectivity index is 2.65. The first-order valence-electron chi connectivity index (χ1n) is 4.26. The van der Waals surface area contributed by atoms with Crippen molar-refractivity contribution in [2.45, 2.75) is 0 Å². The summed E-state index contributed by atoms with van der Waals surface area (Å²) in [5, 5.41) is 0.380. The number of nitrogens with zero attached hydrogens (tertiary/aromatic N) is 1. The van der Waals surface area contributed by atoms with Crippen LogP contribution in [0.4, 0.5) is 5.69 Å².